The lowest BCUT2D eigenvalue weighted by Crippen LogP contribution is -2.01. The number of rotatable bonds is 3. The van der Waals surface area contributed by atoms with E-state index in [1.165, 1.54) is 0 Å². The van der Waals surface area contributed by atoms with E-state index >= 15 is 0 Å². The van der Waals surface area contributed by atoms with Crippen molar-refractivity contribution in [2.75, 3.05) is 11.1 Å². The minimum Gasteiger partial charge on any atom is -0.398 e. The van der Waals surface area contributed by atoms with E-state index in [-0.39, 0.29) is 0 Å². The first kappa shape index (κ1) is 11.5. The topological polar surface area (TPSA) is 89.9 Å². The van der Waals surface area contributed by atoms with Gasteiger partial charge in [0, 0.05) is 34.5 Å². The summed E-state index contributed by atoms with van der Waals surface area (Å²) < 4.78 is 5.06. The van der Waals surface area contributed by atoms with E-state index in [2.05, 4.69) is 20.4 Å². The van der Waals surface area contributed by atoms with Gasteiger partial charge in [-0.15, -0.1) is 0 Å². The zero-order valence-corrected chi connectivity index (χ0v) is 10.4. The smallest absolute Gasteiger partial charge is 0.245 e. The molecule has 3 N–H and O–H groups in total. The van der Waals surface area contributed by atoms with Crippen molar-refractivity contribution in [1.29, 1.82) is 0 Å². The van der Waals surface area contributed by atoms with Gasteiger partial charge in [0.1, 0.15) is 0 Å². The van der Waals surface area contributed by atoms with E-state index in [4.69, 9.17) is 10.3 Å². The summed E-state index contributed by atoms with van der Waals surface area (Å²) in [7, 11) is 0. The van der Waals surface area contributed by atoms with Crippen molar-refractivity contribution in [3.63, 3.8) is 0 Å². The van der Waals surface area contributed by atoms with Crippen molar-refractivity contribution in [1.82, 2.24) is 15.1 Å². The molecule has 0 fully saturated rings. The molecular formula is C13H13N5O. The molecule has 0 unspecified atom stereocenters. The number of hydrogen-bond donors (Lipinski definition) is 2. The molecule has 1 aromatic carbocycles. The molecule has 0 aliphatic carbocycles. The Bertz CT molecular complexity index is 722. The minimum absolute atomic E-state index is 0.474. The fourth-order valence-electron chi connectivity index (χ4n) is 1.95. The van der Waals surface area contributed by atoms with E-state index in [1.807, 2.05) is 18.2 Å². The van der Waals surface area contributed by atoms with Crippen LogP contribution in [0.25, 0.3) is 10.8 Å². The molecule has 96 valence electrons. The van der Waals surface area contributed by atoms with E-state index in [0.29, 0.717) is 23.9 Å². The molecule has 0 aliphatic heterocycles. The highest BCUT2D eigenvalue weighted by Gasteiger charge is 2.06. The maximum Gasteiger partial charge on any atom is 0.245 e. The Labute approximate surface area is 109 Å². The summed E-state index contributed by atoms with van der Waals surface area (Å²) in [6.07, 6.45) is 3.50. The van der Waals surface area contributed by atoms with Crippen LogP contribution in [0.5, 0.6) is 0 Å². The van der Waals surface area contributed by atoms with Gasteiger partial charge in [0.2, 0.25) is 5.89 Å². The summed E-state index contributed by atoms with van der Waals surface area (Å²) in [6.45, 7) is 2.26. The van der Waals surface area contributed by atoms with Gasteiger partial charge in [-0.1, -0.05) is 5.16 Å². The SMILES string of the molecule is Cc1noc(CNc2ccc(N)c3cnccc23)n1. The molecule has 2 aromatic heterocycles. The van der Waals surface area contributed by atoms with Crippen LogP contribution in [0.2, 0.25) is 0 Å². The molecule has 0 saturated carbocycles. The lowest BCUT2D eigenvalue weighted by atomic mass is 10.1. The standard InChI is InChI=1S/C13H13N5O/c1-8-17-13(19-18-8)7-16-12-3-2-11(14)10-6-15-5-4-9(10)12/h2-6,16H,7,14H2,1H3. The third-order valence-corrected chi connectivity index (χ3v) is 2.85. The van der Waals surface area contributed by atoms with Crippen LogP contribution in [-0.2, 0) is 6.54 Å². The van der Waals surface area contributed by atoms with Crippen molar-refractivity contribution >= 4 is 22.1 Å². The van der Waals surface area contributed by atoms with Crippen molar-refractivity contribution in [2.24, 2.45) is 0 Å². The van der Waals surface area contributed by atoms with Crippen molar-refractivity contribution in [2.45, 2.75) is 13.5 Å². The average Bonchev–Trinajstić information content (AvgIpc) is 2.84. The van der Waals surface area contributed by atoms with Crippen LogP contribution < -0.4 is 11.1 Å². The number of nitrogens with two attached hydrogens (primary N) is 1. The van der Waals surface area contributed by atoms with Crippen molar-refractivity contribution < 1.29 is 4.52 Å². The Hall–Kier alpha value is -2.63. The van der Waals surface area contributed by atoms with Gasteiger partial charge in [-0.2, -0.15) is 4.98 Å². The van der Waals surface area contributed by atoms with Gasteiger partial charge < -0.3 is 15.6 Å². The number of fused-ring (bicyclic) bond motifs is 1. The van der Waals surface area contributed by atoms with Gasteiger partial charge in [0.15, 0.2) is 5.82 Å². The molecule has 0 spiro atoms. The largest absolute Gasteiger partial charge is 0.398 e. The second kappa shape index (κ2) is 4.56. The lowest BCUT2D eigenvalue weighted by molar-refractivity contribution is 0.379. The zero-order valence-electron chi connectivity index (χ0n) is 10.4. The first-order valence-corrected chi connectivity index (χ1v) is 5.89. The monoisotopic (exact) mass is 255 g/mol. The summed E-state index contributed by atoms with van der Waals surface area (Å²) in [5.74, 6) is 1.18. The summed E-state index contributed by atoms with van der Waals surface area (Å²) in [5, 5.41) is 8.96. The molecule has 0 bridgehead atoms. The van der Waals surface area contributed by atoms with Gasteiger partial charge in [0.05, 0.1) is 6.54 Å². The van der Waals surface area contributed by atoms with E-state index in [9.17, 15) is 0 Å². The maximum absolute atomic E-state index is 5.93. The number of aromatic nitrogens is 3. The fourth-order valence-corrected chi connectivity index (χ4v) is 1.95. The molecule has 3 rings (SSSR count). The van der Waals surface area contributed by atoms with Crippen LogP contribution in [0, 0.1) is 6.92 Å². The van der Waals surface area contributed by atoms with Gasteiger partial charge in [0.25, 0.3) is 0 Å². The molecule has 0 atom stereocenters. The first-order valence-electron chi connectivity index (χ1n) is 5.89. The highest BCUT2D eigenvalue weighted by atomic mass is 16.5. The predicted octanol–water partition coefficient (Wildman–Crippen LogP) is 2.12. The predicted molar refractivity (Wildman–Crippen MR) is 72.5 cm³/mol. The number of anilines is 2. The molecule has 6 nitrogen and oxygen atoms in total. The third-order valence-electron chi connectivity index (χ3n) is 2.85. The Kier molecular flexibility index (Phi) is 2.75. The van der Waals surface area contributed by atoms with Crippen molar-refractivity contribution in [3.05, 3.63) is 42.3 Å². The highest BCUT2D eigenvalue weighted by Crippen LogP contribution is 2.27. The Morgan fingerprint density at radius 3 is 2.95 bits per heavy atom. The third kappa shape index (κ3) is 2.20. The summed E-state index contributed by atoms with van der Waals surface area (Å²) in [5.41, 5.74) is 7.60. The molecule has 0 aliphatic rings. The number of aryl methyl sites for hydroxylation is 1. The molecule has 6 heteroatoms. The lowest BCUT2D eigenvalue weighted by Gasteiger charge is -2.09. The number of pyridine rings is 1. The molecular weight excluding hydrogens is 242 g/mol. The summed E-state index contributed by atoms with van der Waals surface area (Å²) >= 11 is 0. The molecule has 0 radical (unpaired) electrons. The summed E-state index contributed by atoms with van der Waals surface area (Å²) in [4.78, 5) is 8.23. The highest BCUT2D eigenvalue weighted by molar-refractivity contribution is 6.00. The van der Waals surface area contributed by atoms with Gasteiger partial charge in [-0.05, 0) is 25.1 Å². The zero-order chi connectivity index (χ0) is 13.2. The molecule has 0 amide bonds. The number of benzene rings is 1. The minimum atomic E-state index is 0.474. The average molecular weight is 255 g/mol. The quantitative estimate of drug-likeness (QED) is 0.697. The normalized spacial score (nSPS) is 10.8. The van der Waals surface area contributed by atoms with Crippen LogP contribution in [0.4, 0.5) is 11.4 Å². The van der Waals surface area contributed by atoms with Crippen LogP contribution in [0.15, 0.2) is 35.1 Å². The van der Waals surface area contributed by atoms with Gasteiger partial charge in [-0.25, -0.2) is 0 Å². The Morgan fingerprint density at radius 2 is 2.16 bits per heavy atom. The number of nitrogens with one attached hydrogen (secondary N) is 1. The fraction of sp³-hybridized carbons (Fsp3) is 0.154. The Balaban J connectivity index is 1.91. The van der Waals surface area contributed by atoms with E-state index in [0.717, 1.165) is 16.5 Å². The second-order valence-corrected chi connectivity index (χ2v) is 4.21. The number of nitrogens with zero attached hydrogens (tertiary/aromatic N) is 3. The van der Waals surface area contributed by atoms with Crippen LogP contribution in [0.1, 0.15) is 11.7 Å². The van der Waals surface area contributed by atoms with Crippen LogP contribution >= 0.6 is 0 Å². The molecule has 2 heterocycles. The molecule has 3 aromatic rings. The number of nitrogen functional groups attached to an aromatic ring is 1. The first-order chi connectivity index (χ1) is 9.24. The van der Waals surface area contributed by atoms with E-state index < -0.39 is 0 Å². The van der Waals surface area contributed by atoms with Gasteiger partial charge in [-0.3, -0.25) is 4.98 Å². The van der Waals surface area contributed by atoms with Crippen molar-refractivity contribution in [3.8, 4) is 0 Å². The maximum atomic E-state index is 5.93. The van der Waals surface area contributed by atoms with E-state index in [1.54, 1.807) is 19.3 Å². The number of hydrogen-bond acceptors (Lipinski definition) is 6. The second-order valence-electron chi connectivity index (χ2n) is 4.21. The van der Waals surface area contributed by atoms with Crippen LogP contribution in [0.3, 0.4) is 0 Å². The molecule has 19 heavy (non-hydrogen) atoms. The van der Waals surface area contributed by atoms with Gasteiger partial charge >= 0.3 is 0 Å². The Morgan fingerprint density at radius 1 is 1.26 bits per heavy atom. The summed E-state index contributed by atoms with van der Waals surface area (Å²) in [6, 6.07) is 5.71. The van der Waals surface area contributed by atoms with Crippen LogP contribution in [-0.4, -0.2) is 15.1 Å². The molecule has 0 saturated heterocycles.